The maximum absolute atomic E-state index is 6.30. The van der Waals surface area contributed by atoms with Crippen LogP contribution in [0.1, 0.15) is 17.2 Å². The Balaban J connectivity index is 2.21. The van der Waals surface area contributed by atoms with Crippen molar-refractivity contribution in [2.24, 2.45) is 5.73 Å². The summed E-state index contributed by atoms with van der Waals surface area (Å²) in [7, 11) is 2.05. The fraction of sp³-hybridized carbons (Fsp3) is 0.267. The standard InChI is InChI=1S/C15H17BrClN3/c1-20(10-11-4-6-19-7-5-11)15(9-18)13-8-12(16)2-3-14(13)17/h2-8,15H,9-10,18H2,1H3. The molecule has 0 aliphatic heterocycles. The minimum Gasteiger partial charge on any atom is -0.329 e. The first-order valence-electron chi connectivity index (χ1n) is 6.36. The lowest BCUT2D eigenvalue weighted by atomic mass is 10.1. The second-order valence-electron chi connectivity index (χ2n) is 4.69. The average Bonchev–Trinajstić information content (AvgIpc) is 2.44. The Bertz CT molecular complexity index is 562. The van der Waals surface area contributed by atoms with Gasteiger partial charge < -0.3 is 5.73 Å². The summed E-state index contributed by atoms with van der Waals surface area (Å²) in [5.74, 6) is 0. The lowest BCUT2D eigenvalue weighted by molar-refractivity contribution is 0.242. The summed E-state index contributed by atoms with van der Waals surface area (Å²) in [6.45, 7) is 1.31. The molecule has 0 saturated carbocycles. The third-order valence-electron chi connectivity index (χ3n) is 3.25. The highest BCUT2D eigenvalue weighted by molar-refractivity contribution is 9.10. The van der Waals surface area contributed by atoms with Gasteiger partial charge in [0.15, 0.2) is 0 Å². The van der Waals surface area contributed by atoms with E-state index in [1.807, 2.05) is 30.3 Å². The van der Waals surface area contributed by atoms with E-state index in [1.165, 1.54) is 5.56 Å². The van der Waals surface area contributed by atoms with Crippen LogP contribution in [0.15, 0.2) is 47.2 Å². The molecule has 0 spiro atoms. The maximum atomic E-state index is 6.30. The zero-order valence-corrected chi connectivity index (χ0v) is 13.6. The van der Waals surface area contributed by atoms with E-state index in [1.54, 1.807) is 12.4 Å². The Morgan fingerprint density at radius 2 is 2.00 bits per heavy atom. The van der Waals surface area contributed by atoms with Gasteiger partial charge in [-0.05, 0) is 48.5 Å². The Kier molecular flexibility index (Phi) is 5.54. The summed E-state index contributed by atoms with van der Waals surface area (Å²) in [5.41, 5.74) is 8.19. The van der Waals surface area contributed by atoms with Gasteiger partial charge in [-0.15, -0.1) is 0 Å². The fourth-order valence-corrected chi connectivity index (χ4v) is 2.82. The van der Waals surface area contributed by atoms with Crippen LogP contribution in [-0.4, -0.2) is 23.5 Å². The summed E-state index contributed by atoms with van der Waals surface area (Å²) in [4.78, 5) is 6.23. The molecule has 106 valence electrons. The van der Waals surface area contributed by atoms with E-state index in [9.17, 15) is 0 Å². The Morgan fingerprint density at radius 3 is 2.65 bits per heavy atom. The molecule has 0 amide bonds. The number of pyridine rings is 1. The van der Waals surface area contributed by atoms with Crippen LogP contribution in [0.4, 0.5) is 0 Å². The van der Waals surface area contributed by atoms with Crippen LogP contribution in [-0.2, 0) is 6.54 Å². The van der Waals surface area contributed by atoms with Crippen LogP contribution in [0, 0.1) is 0 Å². The Hall–Kier alpha value is -0.940. The Morgan fingerprint density at radius 1 is 1.30 bits per heavy atom. The third kappa shape index (κ3) is 3.79. The van der Waals surface area contributed by atoms with E-state index in [2.05, 4.69) is 32.9 Å². The molecule has 2 aromatic rings. The van der Waals surface area contributed by atoms with Gasteiger partial charge in [0.1, 0.15) is 0 Å². The highest BCUT2D eigenvalue weighted by Crippen LogP contribution is 2.29. The topological polar surface area (TPSA) is 42.2 Å². The van der Waals surface area contributed by atoms with Gasteiger partial charge in [0, 0.05) is 41.0 Å². The number of benzene rings is 1. The molecule has 5 heteroatoms. The molecule has 0 bridgehead atoms. The predicted octanol–water partition coefficient (Wildman–Crippen LogP) is 3.63. The van der Waals surface area contributed by atoms with Crippen molar-refractivity contribution in [2.45, 2.75) is 12.6 Å². The number of hydrogen-bond acceptors (Lipinski definition) is 3. The smallest absolute Gasteiger partial charge is 0.0486 e. The minimum atomic E-state index is 0.0770. The zero-order valence-electron chi connectivity index (χ0n) is 11.3. The monoisotopic (exact) mass is 353 g/mol. The molecular formula is C15H17BrClN3. The highest BCUT2D eigenvalue weighted by Gasteiger charge is 2.18. The molecule has 20 heavy (non-hydrogen) atoms. The van der Waals surface area contributed by atoms with E-state index in [0.29, 0.717) is 6.54 Å². The molecule has 0 radical (unpaired) electrons. The van der Waals surface area contributed by atoms with Crippen molar-refractivity contribution in [3.63, 3.8) is 0 Å². The zero-order chi connectivity index (χ0) is 14.5. The summed E-state index contributed by atoms with van der Waals surface area (Å²) in [6.07, 6.45) is 3.60. The van der Waals surface area contributed by atoms with Gasteiger partial charge in [-0.1, -0.05) is 27.5 Å². The average molecular weight is 355 g/mol. The summed E-state index contributed by atoms with van der Waals surface area (Å²) >= 11 is 9.79. The van der Waals surface area contributed by atoms with Gasteiger partial charge in [0.25, 0.3) is 0 Å². The molecule has 2 rings (SSSR count). The molecule has 3 nitrogen and oxygen atoms in total. The van der Waals surface area contributed by atoms with Crippen LogP contribution >= 0.6 is 27.5 Å². The second kappa shape index (κ2) is 7.18. The third-order valence-corrected chi connectivity index (χ3v) is 4.09. The van der Waals surface area contributed by atoms with Crippen molar-refractivity contribution >= 4 is 27.5 Å². The summed E-state index contributed by atoms with van der Waals surface area (Å²) in [6, 6.07) is 9.95. The van der Waals surface area contributed by atoms with Gasteiger partial charge in [-0.3, -0.25) is 9.88 Å². The minimum absolute atomic E-state index is 0.0770. The van der Waals surface area contributed by atoms with Crippen molar-refractivity contribution in [1.29, 1.82) is 0 Å². The first kappa shape index (κ1) is 15.4. The van der Waals surface area contributed by atoms with Gasteiger partial charge >= 0.3 is 0 Å². The molecule has 0 saturated heterocycles. The van der Waals surface area contributed by atoms with E-state index in [4.69, 9.17) is 17.3 Å². The van der Waals surface area contributed by atoms with Crippen LogP contribution in [0.2, 0.25) is 5.02 Å². The summed E-state index contributed by atoms with van der Waals surface area (Å²) in [5, 5.41) is 0.741. The second-order valence-corrected chi connectivity index (χ2v) is 6.01. The first-order chi connectivity index (χ1) is 9.61. The number of nitrogens with zero attached hydrogens (tertiary/aromatic N) is 2. The van der Waals surface area contributed by atoms with Crippen molar-refractivity contribution in [1.82, 2.24) is 9.88 Å². The van der Waals surface area contributed by atoms with Crippen molar-refractivity contribution in [2.75, 3.05) is 13.6 Å². The Labute approximate surface area is 132 Å². The number of aromatic nitrogens is 1. The number of halogens is 2. The number of hydrogen-bond donors (Lipinski definition) is 1. The molecule has 1 heterocycles. The van der Waals surface area contributed by atoms with E-state index in [0.717, 1.165) is 21.6 Å². The number of nitrogens with two attached hydrogens (primary N) is 1. The quantitative estimate of drug-likeness (QED) is 0.891. The number of likely N-dealkylation sites (N-methyl/N-ethyl adjacent to an activating group) is 1. The molecule has 0 aliphatic carbocycles. The number of rotatable bonds is 5. The van der Waals surface area contributed by atoms with Crippen LogP contribution < -0.4 is 5.73 Å². The maximum Gasteiger partial charge on any atom is 0.0486 e. The van der Waals surface area contributed by atoms with E-state index >= 15 is 0 Å². The molecule has 2 N–H and O–H groups in total. The van der Waals surface area contributed by atoms with Gasteiger partial charge in [0.05, 0.1) is 0 Å². The largest absolute Gasteiger partial charge is 0.329 e. The molecular weight excluding hydrogens is 338 g/mol. The molecule has 1 aromatic heterocycles. The van der Waals surface area contributed by atoms with Crippen molar-refractivity contribution in [3.8, 4) is 0 Å². The first-order valence-corrected chi connectivity index (χ1v) is 7.53. The lowest BCUT2D eigenvalue weighted by Crippen LogP contribution is -2.30. The van der Waals surface area contributed by atoms with Crippen LogP contribution in [0.25, 0.3) is 0 Å². The molecule has 0 aliphatic rings. The van der Waals surface area contributed by atoms with Crippen LogP contribution in [0.5, 0.6) is 0 Å². The molecule has 1 unspecified atom stereocenters. The van der Waals surface area contributed by atoms with Gasteiger partial charge in [-0.25, -0.2) is 0 Å². The van der Waals surface area contributed by atoms with Crippen molar-refractivity contribution < 1.29 is 0 Å². The SMILES string of the molecule is CN(Cc1ccncc1)C(CN)c1cc(Br)ccc1Cl. The molecule has 0 fully saturated rings. The molecule has 1 atom stereocenters. The van der Waals surface area contributed by atoms with Crippen molar-refractivity contribution in [3.05, 3.63) is 63.3 Å². The normalized spacial score (nSPS) is 12.7. The molecule has 1 aromatic carbocycles. The summed E-state index contributed by atoms with van der Waals surface area (Å²) < 4.78 is 1.01. The van der Waals surface area contributed by atoms with Gasteiger partial charge in [0.2, 0.25) is 0 Å². The lowest BCUT2D eigenvalue weighted by Gasteiger charge is -2.28. The van der Waals surface area contributed by atoms with E-state index < -0.39 is 0 Å². The van der Waals surface area contributed by atoms with Crippen LogP contribution in [0.3, 0.4) is 0 Å². The van der Waals surface area contributed by atoms with Gasteiger partial charge in [-0.2, -0.15) is 0 Å². The fourth-order valence-electron chi connectivity index (χ4n) is 2.20. The highest BCUT2D eigenvalue weighted by atomic mass is 79.9. The predicted molar refractivity (Wildman–Crippen MR) is 86.7 cm³/mol. The van der Waals surface area contributed by atoms with E-state index in [-0.39, 0.29) is 6.04 Å².